The Bertz CT molecular complexity index is 1290. The lowest BCUT2D eigenvalue weighted by molar-refractivity contribution is -0.140. The first-order chi connectivity index (χ1) is 17.6. The quantitative estimate of drug-likeness (QED) is 0.209. The maximum atomic E-state index is 13.3. The predicted octanol–water partition coefficient (Wildman–Crippen LogP) is 4.85. The number of rotatable bonds is 8. The molecule has 186 valence electrons. The van der Waals surface area contributed by atoms with Crippen molar-refractivity contribution < 1.29 is 33.3 Å². The Morgan fingerprint density at radius 1 is 1.06 bits per heavy atom. The summed E-state index contributed by atoms with van der Waals surface area (Å²) >= 11 is 0. The number of unbranched alkanes of at least 4 members (excludes halogenated alkanes) is 1. The van der Waals surface area contributed by atoms with Crippen LogP contribution in [-0.2, 0) is 16.1 Å². The molecule has 0 radical (unpaired) electrons. The molecule has 2 aliphatic rings. The second-order valence-electron chi connectivity index (χ2n) is 8.64. The number of fused-ring (bicyclic) bond motifs is 1. The molecule has 1 saturated heterocycles. The Hall–Kier alpha value is -4.20. The molecule has 0 unspecified atom stereocenters. The van der Waals surface area contributed by atoms with Crippen LogP contribution in [0.4, 0.5) is 0 Å². The maximum Gasteiger partial charge on any atom is 0.296 e. The fourth-order valence-corrected chi connectivity index (χ4v) is 4.42. The summed E-state index contributed by atoms with van der Waals surface area (Å²) in [5, 5.41) is 11.4. The maximum absolute atomic E-state index is 13.3. The normalized spacial score (nSPS) is 18.5. The first kappa shape index (κ1) is 23.5. The number of benzene rings is 2. The summed E-state index contributed by atoms with van der Waals surface area (Å²) in [5.74, 6) is 0.418. The minimum Gasteiger partial charge on any atom is -0.507 e. The van der Waals surface area contributed by atoms with Crippen LogP contribution in [0.15, 0.2) is 70.9 Å². The predicted molar refractivity (Wildman–Crippen MR) is 131 cm³/mol. The van der Waals surface area contributed by atoms with E-state index in [0.29, 0.717) is 54.0 Å². The molecule has 0 saturated carbocycles. The first-order valence-electron chi connectivity index (χ1n) is 12.0. The number of nitrogens with zero attached hydrogens (tertiary/aromatic N) is 1. The fourth-order valence-electron chi connectivity index (χ4n) is 4.42. The number of carbonyl (C=O) groups excluding carboxylic acids is 2. The summed E-state index contributed by atoms with van der Waals surface area (Å²) in [4.78, 5) is 27.9. The number of hydrogen-bond donors (Lipinski definition) is 1. The van der Waals surface area contributed by atoms with Gasteiger partial charge in [-0.2, -0.15) is 0 Å². The van der Waals surface area contributed by atoms with E-state index in [1.165, 1.54) is 11.2 Å². The van der Waals surface area contributed by atoms with Crippen LogP contribution >= 0.6 is 0 Å². The summed E-state index contributed by atoms with van der Waals surface area (Å²) in [6.45, 7) is 3.53. The topological polar surface area (TPSA) is 98.4 Å². The van der Waals surface area contributed by atoms with E-state index in [9.17, 15) is 14.7 Å². The Labute approximate surface area is 208 Å². The van der Waals surface area contributed by atoms with Gasteiger partial charge in [-0.05, 0) is 54.4 Å². The van der Waals surface area contributed by atoms with Gasteiger partial charge in [-0.15, -0.1) is 0 Å². The number of ether oxygens (including phenoxy) is 3. The molecule has 1 atom stereocenters. The van der Waals surface area contributed by atoms with Gasteiger partial charge in [-0.1, -0.05) is 25.5 Å². The SMILES string of the molecule is CCCCOc1cccc([C@H]2C(=C(O)c3ccc4c(c3)OCCO4)C(=O)C(=O)N2Cc2ccco2)c1. The Morgan fingerprint density at radius 3 is 2.67 bits per heavy atom. The zero-order valence-electron chi connectivity index (χ0n) is 19.9. The van der Waals surface area contributed by atoms with E-state index in [1.54, 1.807) is 36.4 Å². The van der Waals surface area contributed by atoms with Crippen molar-refractivity contribution in [1.82, 2.24) is 4.90 Å². The Balaban J connectivity index is 1.59. The van der Waals surface area contributed by atoms with Gasteiger partial charge in [0.25, 0.3) is 11.7 Å². The number of amides is 1. The lowest BCUT2D eigenvalue weighted by Gasteiger charge is -2.25. The Kier molecular flexibility index (Phi) is 6.66. The third kappa shape index (κ3) is 4.54. The lowest BCUT2D eigenvalue weighted by atomic mass is 9.95. The number of Topliss-reactive ketones (excluding diaryl/α,β-unsaturated/α-hetero) is 1. The van der Waals surface area contributed by atoms with Gasteiger partial charge >= 0.3 is 0 Å². The molecule has 2 aromatic carbocycles. The second-order valence-corrected chi connectivity index (χ2v) is 8.64. The lowest BCUT2D eigenvalue weighted by Crippen LogP contribution is -2.29. The van der Waals surface area contributed by atoms with Crippen LogP contribution in [0.5, 0.6) is 17.2 Å². The molecule has 8 heteroatoms. The van der Waals surface area contributed by atoms with Crippen molar-refractivity contribution in [2.75, 3.05) is 19.8 Å². The molecule has 36 heavy (non-hydrogen) atoms. The van der Waals surface area contributed by atoms with Crippen LogP contribution < -0.4 is 14.2 Å². The number of hydrogen-bond acceptors (Lipinski definition) is 7. The number of furan rings is 1. The van der Waals surface area contributed by atoms with Gasteiger partial charge in [-0.3, -0.25) is 9.59 Å². The molecule has 2 aliphatic heterocycles. The molecule has 0 bridgehead atoms. The average Bonchev–Trinajstić information content (AvgIpc) is 3.51. The van der Waals surface area contributed by atoms with Gasteiger partial charge in [0.2, 0.25) is 0 Å². The van der Waals surface area contributed by atoms with Crippen molar-refractivity contribution in [3.8, 4) is 17.2 Å². The van der Waals surface area contributed by atoms with E-state index in [4.69, 9.17) is 18.6 Å². The smallest absolute Gasteiger partial charge is 0.296 e. The molecular formula is C28H27NO7. The molecule has 3 heterocycles. The number of likely N-dealkylation sites (tertiary alicyclic amines) is 1. The van der Waals surface area contributed by atoms with Crippen molar-refractivity contribution >= 4 is 17.4 Å². The highest BCUT2D eigenvalue weighted by Crippen LogP contribution is 2.42. The fraction of sp³-hybridized carbons (Fsp3) is 0.286. The van der Waals surface area contributed by atoms with Crippen LogP contribution in [0.25, 0.3) is 5.76 Å². The summed E-state index contributed by atoms with van der Waals surface area (Å²) in [5.41, 5.74) is 0.999. The number of aliphatic hydroxyl groups excluding tert-OH is 1. The van der Waals surface area contributed by atoms with Crippen molar-refractivity contribution in [3.63, 3.8) is 0 Å². The molecule has 3 aromatic rings. The highest BCUT2D eigenvalue weighted by molar-refractivity contribution is 6.46. The van der Waals surface area contributed by atoms with Crippen LogP contribution in [0.2, 0.25) is 0 Å². The zero-order chi connectivity index (χ0) is 25.1. The largest absolute Gasteiger partial charge is 0.507 e. The van der Waals surface area contributed by atoms with Crippen molar-refractivity contribution in [2.24, 2.45) is 0 Å². The monoisotopic (exact) mass is 489 g/mol. The van der Waals surface area contributed by atoms with Gasteiger partial charge < -0.3 is 28.6 Å². The number of carbonyl (C=O) groups is 2. The average molecular weight is 490 g/mol. The molecule has 1 amide bonds. The minimum atomic E-state index is -0.835. The third-order valence-electron chi connectivity index (χ3n) is 6.20. The molecule has 5 rings (SSSR count). The molecule has 0 spiro atoms. The van der Waals surface area contributed by atoms with Crippen molar-refractivity contribution in [3.05, 3.63) is 83.3 Å². The van der Waals surface area contributed by atoms with Gasteiger partial charge in [0, 0.05) is 5.56 Å². The summed E-state index contributed by atoms with van der Waals surface area (Å²) in [6.07, 6.45) is 3.42. The van der Waals surface area contributed by atoms with Crippen LogP contribution in [0.1, 0.15) is 42.7 Å². The van der Waals surface area contributed by atoms with Gasteiger partial charge in [0.05, 0.1) is 31.0 Å². The summed E-state index contributed by atoms with van der Waals surface area (Å²) in [6, 6.07) is 14.8. The van der Waals surface area contributed by atoms with Crippen LogP contribution in [0.3, 0.4) is 0 Å². The molecule has 1 fully saturated rings. The Morgan fingerprint density at radius 2 is 1.89 bits per heavy atom. The van der Waals surface area contributed by atoms with E-state index in [-0.39, 0.29) is 17.9 Å². The van der Waals surface area contributed by atoms with Gasteiger partial charge in [0.15, 0.2) is 11.5 Å². The third-order valence-corrected chi connectivity index (χ3v) is 6.20. The second kappa shape index (κ2) is 10.2. The van der Waals surface area contributed by atoms with E-state index in [0.717, 1.165) is 12.8 Å². The first-order valence-corrected chi connectivity index (χ1v) is 12.0. The summed E-state index contributed by atoms with van der Waals surface area (Å²) in [7, 11) is 0. The van der Waals surface area contributed by atoms with Crippen molar-refractivity contribution in [2.45, 2.75) is 32.4 Å². The molecule has 0 aliphatic carbocycles. The minimum absolute atomic E-state index is 0.00561. The number of ketones is 1. The van der Waals surface area contributed by atoms with Crippen LogP contribution in [-0.4, -0.2) is 41.5 Å². The van der Waals surface area contributed by atoms with Gasteiger partial charge in [0.1, 0.15) is 30.5 Å². The highest BCUT2D eigenvalue weighted by Gasteiger charge is 2.46. The standard InChI is InChI=1S/C28H27NO7/c1-2-3-11-33-20-7-4-6-18(15-20)25-24(27(31)28(32)29(25)17-21-8-5-12-34-21)26(30)19-9-10-22-23(16-19)36-14-13-35-22/h4-10,12,15-16,25,30H,2-3,11,13-14,17H2,1H3/t25-/m0/s1. The summed E-state index contributed by atoms with van der Waals surface area (Å²) < 4.78 is 22.5. The van der Waals surface area contributed by atoms with E-state index >= 15 is 0 Å². The van der Waals surface area contributed by atoms with Crippen LogP contribution in [0, 0.1) is 0 Å². The van der Waals surface area contributed by atoms with Gasteiger partial charge in [-0.25, -0.2) is 0 Å². The van der Waals surface area contributed by atoms with E-state index in [2.05, 4.69) is 6.92 Å². The molecule has 1 aromatic heterocycles. The molecule has 8 nitrogen and oxygen atoms in total. The zero-order valence-corrected chi connectivity index (χ0v) is 19.9. The number of aliphatic hydroxyl groups is 1. The van der Waals surface area contributed by atoms with E-state index < -0.39 is 17.7 Å². The van der Waals surface area contributed by atoms with Crippen molar-refractivity contribution in [1.29, 1.82) is 0 Å². The molecular weight excluding hydrogens is 462 g/mol. The van der Waals surface area contributed by atoms with E-state index in [1.807, 2.05) is 18.2 Å². The highest BCUT2D eigenvalue weighted by atomic mass is 16.6. The molecule has 1 N–H and O–H groups in total.